The highest BCUT2D eigenvalue weighted by atomic mass is 79.9. The number of carboxylic acids is 1. The van der Waals surface area contributed by atoms with Crippen LogP contribution in [-0.2, 0) is 5.41 Å². The number of hydrogen-bond acceptors (Lipinski definition) is 3. The van der Waals surface area contributed by atoms with Crippen LogP contribution in [0.2, 0.25) is 0 Å². The number of carbonyl (C=O) groups is 1. The first-order valence-electron chi connectivity index (χ1n) is 5.97. The maximum atomic E-state index is 11.2. The monoisotopic (exact) mass is 479 g/mol. The molecule has 1 heterocycles. The third kappa shape index (κ3) is 3.37. The Kier molecular flexibility index (Phi) is 4.60. The van der Waals surface area contributed by atoms with E-state index in [2.05, 4.69) is 57.9 Å². The number of carboxylic acid groups (broad SMARTS) is 1. The third-order valence-corrected chi connectivity index (χ3v) is 4.33. The summed E-state index contributed by atoms with van der Waals surface area (Å²) in [6, 6.07) is 3.74. The molecule has 21 heavy (non-hydrogen) atoms. The standard InChI is InChI=1S/C13H12Br3N3O2/c1-13(2,3)12-17-10(11(20)21)18-19(12)9-7(15)4-6(14)5-8(9)16/h4-5H,1-3H3,(H,20,21). The summed E-state index contributed by atoms with van der Waals surface area (Å²) in [6.45, 7) is 5.87. The van der Waals surface area contributed by atoms with Gasteiger partial charge in [0.25, 0.3) is 5.82 Å². The summed E-state index contributed by atoms with van der Waals surface area (Å²) in [7, 11) is 0. The second-order valence-corrected chi connectivity index (χ2v) is 8.07. The minimum Gasteiger partial charge on any atom is -0.475 e. The number of halogens is 3. The molecular formula is C13H12Br3N3O2. The third-order valence-electron chi connectivity index (χ3n) is 2.66. The van der Waals surface area contributed by atoms with Gasteiger partial charge in [-0.2, -0.15) is 0 Å². The van der Waals surface area contributed by atoms with Crippen LogP contribution in [0.3, 0.4) is 0 Å². The Bertz CT molecular complexity index is 697. The Labute approximate surface area is 147 Å². The predicted octanol–water partition coefficient (Wildman–Crippen LogP) is 4.55. The van der Waals surface area contributed by atoms with Crippen LogP contribution in [0.15, 0.2) is 25.6 Å². The van der Waals surface area contributed by atoms with Gasteiger partial charge in [0, 0.05) is 18.8 Å². The van der Waals surface area contributed by atoms with Crippen molar-refractivity contribution in [2.45, 2.75) is 26.2 Å². The van der Waals surface area contributed by atoms with Gasteiger partial charge in [0.05, 0.1) is 5.69 Å². The Morgan fingerprint density at radius 2 is 1.71 bits per heavy atom. The van der Waals surface area contributed by atoms with Crippen LogP contribution in [-0.4, -0.2) is 25.8 Å². The van der Waals surface area contributed by atoms with Crippen molar-refractivity contribution in [2.75, 3.05) is 0 Å². The molecule has 0 radical (unpaired) electrons. The average Bonchev–Trinajstić information content (AvgIpc) is 2.71. The van der Waals surface area contributed by atoms with E-state index in [9.17, 15) is 4.79 Å². The molecule has 0 spiro atoms. The number of hydrogen-bond donors (Lipinski definition) is 1. The van der Waals surface area contributed by atoms with Gasteiger partial charge in [-0.05, 0) is 44.0 Å². The van der Waals surface area contributed by atoms with E-state index >= 15 is 0 Å². The SMILES string of the molecule is CC(C)(C)c1nc(C(=O)O)nn1-c1c(Br)cc(Br)cc1Br. The molecule has 2 aromatic rings. The molecular weight excluding hydrogens is 470 g/mol. The van der Waals surface area contributed by atoms with Crippen molar-refractivity contribution < 1.29 is 9.90 Å². The molecule has 8 heteroatoms. The lowest BCUT2D eigenvalue weighted by molar-refractivity contribution is 0.0683. The van der Waals surface area contributed by atoms with Crippen LogP contribution in [0.1, 0.15) is 37.2 Å². The van der Waals surface area contributed by atoms with Gasteiger partial charge in [0.1, 0.15) is 5.82 Å². The van der Waals surface area contributed by atoms with Crippen molar-refractivity contribution in [3.8, 4) is 5.69 Å². The van der Waals surface area contributed by atoms with Gasteiger partial charge >= 0.3 is 5.97 Å². The van der Waals surface area contributed by atoms with E-state index in [0.717, 1.165) is 13.4 Å². The van der Waals surface area contributed by atoms with E-state index in [1.165, 1.54) is 0 Å². The Balaban J connectivity index is 2.77. The summed E-state index contributed by atoms with van der Waals surface area (Å²) in [5, 5.41) is 13.3. The number of benzene rings is 1. The average molecular weight is 482 g/mol. The highest BCUT2D eigenvalue weighted by molar-refractivity contribution is 9.11. The first-order valence-corrected chi connectivity index (χ1v) is 8.35. The van der Waals surface area contributed by atoms with Crippen LogP contribution in [0, 0.1) is 0 Å². The molecule has 0 aliphatic heterocycles. The summed E-state index contributed by atoms with van der Waals surface area (Å²) in [5.41, 5.74) is 0.357. The minimum atomic E-state index is -1.15. The number of rotatable bonds is 2. The molecule has 0 unspecified atom stereocenters. The Hall–Kier alpha value is -0.730. The molecule has 0 aliphatic carbocycles. The lowest BCUT2D eigenvalue weighted by atomic mass is 9.95. The van der Waals surface area contributed by atoms with Crippen molar-refractivity contribution in [2.24, 2.45) is 0 Å². The highest BCUT2D eigenvalue weighted by Gasteiger charge is 2.27. The predicted molar refractivity (Wildman–Crippen MR) is 90.1 cm³/mol. The summed E-state index contributed by atoms with van der Waals surface area (Å²) >= 11 is 10.4. The summed E-state index contributed by atoms with van der Waals surface area (Å²) in [6.07, 6.45) is 0. The second-order valence-electron chi connectivity index (χ2n) is 5.44. The van der Waals surface area contributed by atoms with Gasteiger partial charge in [-0.1, -0.05) is 36.7 Å². The molecule has 1 aromatic heterocycles. The summed E-state index contributed by atoms with van der Waals surface area (Å²) in [4.78, 5) is 15.3. The zero-order chi connectivity index (χ0) is 15.9. The number of aromatic nitrogens is 3. The van der Waals surface area contributed by atoms with Gasteiger partial charge in [-0.3, -0.25) is 0 Å². The van der Waals surface area contributed by atoms with Crippen LogP contribution in [0.5, 0.6) is 0 Å². The number of aromatic carboxylic acids is 1. The van der Waals surface area contributed by atoms with Crippen LogP contribution < -0.4 is 0 Å². The first kappa shape index (κ1) is 16.6. The van der Waals surface area contributed by atoms with Crippen molar-refractivity contribution in [1.82, 2.24) is 14.8 Å². The van der Waals surface area contributed by atoms with Crippen molar-refractivity contribution >= 4 is 53.8 Å². The van der Waals surface area contributed by atoms with E-state index in [4.69, 9.17) is 5.11 Å². The van der Waals surface area contributed by atoms with Crippen LogP contribution in [0.4, 0.5) is 0 Å². The normalized spacial score (nSPS) is 11.7. The van der Waals surface area contributed by atoms with Crippen LogP contribution >= 0.6 is 47.8 Å². The Morgan fingerprint density at radius 3 is 2.14 bits per heavy atom. The van der Waals surface area contributed by atoms with E-state index in [1.807, 2.05) is 32.9 Å². The molecule has 1 N–H and O–H groups in total. The molecule has 0 fully saturated rings. The molecule has 0 saturated carbocycles. The quantitative estimate of drug-likeness (QED) is 0.683. The van der Waals surface area contributed by atoms with Crippen molar-refractivity contribution in [1.29, 1.82) is 0 Å². The molecule has 0 bridgehead atoms. The highest BCUT2D eigenvalue weighted by Crippen LogP contribution is 2.35. The van der Waals surface area contributed by atoms with Gasteiger partial charge < -0.3 is 5.11 Å². The lowest BCUT2D eigenvalue weighted by Gasteiger charge is -2.19. The van der Waals surface area contributed by atoms with Crippen LogP contribution in [0.25, 0.3) is 5.69 Å². The maximum Gasteiger partial charge on any atom is 0.375 e. The van der Waals surface area contributed by atoms with E-state index in [0.29, 0.717) is 11.5 Å². The molecule has 1 aromatic carbocycles. The minimum absolute atomic E-state index is 0.221. The van der Waals surface area contributed by atoms with Gasteiger partial charge in [0.2, 0.25) is 0 Å². The zero-order valence-electron chi connectivity index (χ0n) is 11.5. The molecule has 5 nitrogen and oxygen atoms in total. The fourth-order valence-corrected chi connectivity index (χ4v) is 4.38. The largest absolute Gasteiger partial charge is 0.475 e. The first-order chi connectivity index (χ1) is 9.61. The molecule has 112 valence electrons. The van der Waals surface area contributed by atoms with E-state index in [-0.39, 0.29) is 11.2 Å². The fraction of sp³-hybridized carbons (Fsp3) is 0.308. The fourth-order valence-electron chi connectivity index (χ4n) is 1.78. The molecule has 2 rings (SSSR count). The smallest absolute Gasteiger partial charge is 0.375 e. The maximum absolute atomic E-state index is 11.2. The summed E-state index contributed by atoms with van der Waals surface area (Å²) < 4.78 is 4.00. The molecule has 0 atom stereocenters. The molecule has 0 amide bonds. The number of nitrogens with zero attached hydrogens (tertiary/aromatic N) is 3. The second kappa shape index (κ2) is 5.81. The van der Waals surface area contributed by atoms with Gasteiger partial charge in [-0.25, -0.2) is 14.5 Å². The van der Waals surface area contributed by atoms with E-state index < -0.39 is 5.97 Å². The topological polar surface area (TPSA) is 68.0 Å². The summed E-state index contributed by atoms with van der Waals surface area (Å²) in [5.74, 6) is -0.797. The zero-order valence-corrected chi connectivity index (χ0v) is 16.2. The van der Waals surface area contributed by atoms with E-state index in [1.54, 1.807) is 4.68 Å². The Morgan fingerprint density at radius 1 is 1.19 bits per heavy atom. The molecule has 0 saturated heterocycles. The van der Waals surface area contributed by atoms with Crippen molar-refractivity contribution in [3.05, 3.63) is 37.2 Å². The van der Waals surface area contributed by atoms with Gasteiger partial charge in [0.15, 0.2) is 0 Å². The lowest BCUT2D eigenvalue weighted by Crippen LogP contribution is -2.19. The van der Waals surface area contributed by atoms with Gasteiger partial charge in [-0.15, -0.1) is 5.10 Å². The molecule has 0 aliphatic rings. The van der Waals surface area contributed by atoms with Crippen molar-refractivity contribution in [3.63, 3.8) is 0 Å².